The van der Waals surface area contributed by atoms with E-state index >= 15 is 0 Å². The molecule has 0 saturated heterocycles. The van der Waals surface area contributed by atoms with Crippen molar-refractivity contribution in [3.8, 4) is 5.88 Å². The number of amides is 1. The Hall–Kier alpha value is -2.30. The van der Waals surface area contributed by atoms with Crippen LogP contribution in [0.1, 0.15) is 16.1 Å². The normalized spacial score (nSPS) is 10.0. The lowest BCUT2D eigenvalue weighted by Crippen LogP contribution is -2.10. The second-order valence-corrected chi connectivity index (χ2v) is 3.55. The number of anilines is 1. The molecule has 88 valence electrons. The first-order valence-electron chi connectivity index (χ1n) is 5.08. The molecule has 1 N–H and O–H groups in total. The molecule has 1 amide bonds. The Morgan fingerprint density at radius 1 is 1.35 bits per heavy atom. The van der Waals surface area contributed by atoms with Crippen molar-refractivity contribution in [2.45, 2.75) is 6.92 Å². The number of ether oxygens (including phenoxy) is 1. The molecule has 0 atom stereocenters. The molecule has 5 nitrogen and oxygen atoms in total. The van der Waals surface area contributed by atoms with Crippen LogP contribution in [0.3, 0.4) is 0 Å². The van der Waals surface area contributed by atoms with Gasteiger partial charge >= 0.3 is 0 Å². The number of aromatic nitrogens is 1. The molecular weight excluding hydrogens is 220 g/mol. The van der Waals surface area contributed by atoms with Crippen molar-refractivity contribution >= 4 is 11.6 Å². The summed E-state index contributed by atoms with van der Waals surface area (Å²) in [6.45, 7) is 1.98. The monoisotopic (exact) mass is 232 g/mol. The Morgan fingerprint density at radius 2 is 2.06 bits per heavy atom. The van der Waals surface area contributed by atoms with E-state index in [4.69, 9.17) is 9.26 Å². The van der Waals surface area contributed by atoms with Crippen molar-refractivity contribution < 1.29 is 14.1 Å². The van der Waals surface area contributed by atoms with Gasteiger partial charge in [0.05, 0.1) is 13.2 Å². The second kappa shape index (κ2) is 4.69. The molecule has 0 saturated carbocycles. The lowest BCUT2D eigenvalue weighted by molar-refractivity contribution is 0.0987. The summed E-state index contributed by atoms with van der Waals surface area (Å²) in [5.74, 6) is 0.0335. The Balaban J connectivity index is 2.08. The van der Waals surface area contributed by atoms with Crippen LogP contribution in [0.4, 0.5) is 5.69 Å². The Morgan fingerprint density at radius 3 is 2.65 bits per heavy atom. The van der Waals surface area contributed by atoms with Crippen LogP contribution in [0.2, 0.25) is 0 Å². The molecule has 17 heavy (non-hydrogen) atoms. The second-order valence-electron chi connectivity index (χ2n) is 3.55. The lowest BCUT2D eigenvalue weighted by atomic mass is 10.2. The smallest absolute Gasteiger partial charge is 0.294 e. The van der Waals surface area contributed by atoms with Gasteiger partial charge in [0.2, 0.25) is 5.76 Å². The van der Waals surface area contributed by atoms with Gasteiger partial charge in [-0.2, -0.15) is 0 Å². The minimum atomic E-state index is -0.357. The maximum atomic E-state index is 11.7. The molecule has 0 aliphatic carbocycles. The van der Waals surface area contributed by atoms with Crippen molar-refractivity contribution in [1.82, 2.24) is 5.16 Å². The molecule has 0 fully saturated rings. The van der Waals surface area contributed by atoms with E-state index in [0.717, 1.165) is 5.56 Å². The summed E-state index contributed by atoms with van der Waals surface area (Å²) in [5.41, 5.74) is 1.83. The number of methoxy groups -OCH3 is 1. The Kier molecular flexibility index (Phi) is 3.09. The van der Waals surface area contributed by atoms with Crippen LogP contribution in [0, 0.1) is 6.92 Å². The molecule has 0 aliphatic heterocycles. The lowest BCUT2D eigenvalue weighted by Gasteiger charge is -2.02. The number of aryl methyl sites for hydroxylation is 1. The Bertz CT molecular complexity index is 517. The average molecular weight is 232 g/mol. The first kappa shape index (κ1) is 11.2. The highest BCUT2D eigenvalue weighted by molar-refractivity contribution is 6.02. The van der Waals surface area contributed by atoms with Crippen molar-refractivity contribution in [1.29, 1.82) is 0 Å². The van der Waals surface area contributed by atoms with Crippen LogP contribution in [0.5, 0.6) is 5.88 Å². The van der Waals surface area contributed by atoms with E-state index in [1.165, 1.54) is 13.2 Å². The van der Waals surface area contributed by atoms with E-state index in [-0.39, 0.29) is 17.5 Å². The molecule has 1 aromatic carbocycles. The fourth-order valence-corrected chi connectivity index (χ4v) is 1.29. The number of hydrogen-bond donors (Lipinski definition) is 1. The first-order valence-corrected chi connectivity index (χ1v) is 5.08. The van der Waals surface area contributed by atoms with Gasteiger partial charge in [-0.25, -0.2) is 0 Å². The predicted molar refractivity (Wildman–Crippen MR) is 62.2 cm³/mol. The first-order chi connectivity index (χ1) is 8.19. The van der Waals surface area contributed by atoms with E-state index in [1.54, 1.807) is 0 Å². The Labute approximate surface area is 98.4 Å². The number of rotatable bonds is 3. The molecule has 0 radical (unpaired) electrons. The third-order valence-corrected chi connectivity index (χ3v) is 2.23. The van der Waals surface area contributed by atoms with Gasteiger partial charge in [0.25, 0.3) is 11.8 Å². The number of nitrogens with zero attached hydrogens (tertiary/aromatic N) is 1. The van der Waals surface area contributed by atoms with Gasteiger partial charge in [-0.3, -0.25) is 4.79 Å². The fourth-order valence-electron chi connectivity index (χ4n) is 1.29. The molecular formula is C12H12N2O3. The summed E-state index contributed by atoms with van der Waals surface area (Å²) in [6, 6.07) is 8.90. The van der Waals surface area contributed by atoms with Crippen molar-refractivity contribution in [2.24, 2.45) is 0 Å². The highest BCUT2D eigenvalue weighted by Crippen LogP contribution is 2.14. The number of nitrogens with one attached hydrogen (secondary N) is 1. The molecule has 5 heteroatoms. The largest absolute Gasteiger partial charge is 0.479 e. The zero-order valence-electron chi connectivity index (χ0n) is 9.56. The summed E-state index contributed by atoms with van der Waals surface area (Å²) in [6.07, 6.45) is 0. The summed E-state index contributed by atoms with van der Waals surface area (Å²) in [7, 11) is 1.46. The van der Waals surface area contributed by atoms with Gasteiger partial charge in [0.1, 0.15) is 0 Å². The maximum Gasteiger partial charge on any atom is 0.294 e. The van der Waals surface area contributed by atoms with Gasteiger partial charge in [-0.15, -0.1) is 0 Å². The fraction of sp³-hybridized carbons (Fsp3) is 0.167. The van der Waals surface area contributed by atoms with Crippen LogP contribution < -0.4 is 10.1 Å². The molecule has 0 spiro atoms. The third-order valence-electron chi connectivity index (χ3n) is 2.23. The van der Waals surface area contributed by atoms with Gasteiger partial charge in [0.15, 0.2) is 0 Å². The van der Waals surface area contributed by atoms with E-state index in [2.05, 4.69) is 10.5 Å². The molecule has 1 aromatic heterocycles. The van der Waals surface area contributed by atoms with Crippen molar-refractivity contribution in [3.05, 3.63) is 41.7 Å². The van der Waals surface area contributed by atoms with Crippen LogP contribution in [0.25, 0.3) is 0 Å². The zero-order chi connectivity index (χ0) is 12.3. The van der Waals surface area contributed by atoms with E-state index in [9.17, 15) is 4.79 Å². The van der Waals surface area contributed by atoms with Crippen LogP contribution in [0.15, 0.2) is 34.9 Å². The topological polar surface area (TPSA) is 64.4 Å². The highest BCUT2D eigenvalue weighted by atomic mass is 16.5. The van der Waals surface area contributed by atoms with Crippen molar-refractivity contribution in [2.75, 3.05) is 12.4 Å². The molecule has 2 rings (SSSR count). The van der Waals surface area contributed by atoms with Gasteiger partial charge in [-0.05, 0) is 24.2 Å². The van der Waals surface area contributed by atoms with E-state index < -0.39 is 0 Å². The summed E-state index contributed by atoms with van der Waals surface area (Å²) < 4.78 is 9.65. The minimum absolute atomic E-state index is 0.113. The number of hydrogen-bond acceptors (Lipinski definition) is 4. The molecule has 1 heterocycles. The number of carbonyl (C=O) groups is 1. The zero-order valence-corrected chi connectivity index (χ0v) is 9.56. The van der Waals surface area contributed by atoms with Gasteiger partial charge in [-0.1, -0.05) is 17.7 Å². The maximum absolute atomic E-state index is 11.7. The molecule has 0 aliphatic rings. The van der Waals surface area contributed by atoms with E-state index in [1.807, 2.05) is 31.2 Å². The minimum Gasteiger partial charge on any atom is -0.479 e. The SMILES string of the molecule is COc1cc(C(=O)Nc2ccc(C)cc2)on1. The summed E-state index contributed by atoms with van der Waals surface area (Å²) in [4.78, 5) is 11.7. The van der Waals surface area contributed by atoms with Gasteiger partial charge in [0, 0.05) is 5.69 Å². The van der Waals surface area contributed by atoms with Crippen molar-refractivity contribution in [3.63, 3.8) is 0 Å². The average Bonchev–Trinajstić information content (AvgIpc) is 2.81. The summed E-state index contributed by atoms with van der Waals surface area (Å²) >= 11 is 0. The molecule has 0 bridgehead atoms. The van der Waals surface area contributed by atoms with Gasteiger partial charge < -0.3 is 14.6 Å². The molecule has 0 unspecified atom stereocenters. The highest BCUT2D eigenvalue weighted by Gasteiger charge is 2.13. The predicted octanol–water partition coefficient (Wildman–Crippen LogP) is 2.24. The number of benzene rings is 1. The van der Waals surface area contributed by atoms with Crippen LogP contribution >= 0.6 is 0 Å². The summed E-state index contributed by atoms with van der Waals surface area (Å²) in [5, 5.41) is 6.25. The van der Waals surface area contributed by atoms with Crippen LogP contribution in [-0.2, 0) is 0 Å². The standard InChI is InChI=1S/C12H12N2O3/c1-8-3-5-9(6-4-8)13-12(15)10-7-11(16-2)14-17-10/h3-7H,1-2H3,(H,13,15). The van der Waals surface area contributed by atoms with E-state index in [0.29, 0.717) is 5.69 Å². The number of carbonyl (C=O) groups excluding carboxylic acids is 1. The quantitative estimate of drug-likeness (QED) is 0.881. The molecule has 2 aromatic rings. The third kappa shape index (κ3) is 2.63. The van der Waals surface area contributed by atoms with Crippen LogP contribution in [-0.4, -0.2) is 18.2 Å².